The Hall–Kier alpha value is -3.15. The van der Waals surface area contributed by atoms with Gasteiger partial charge in [-0.1, -0.05) is 43.3 Å². The zero-order valence-electron chi connectivity index (χ0n) is 17.7. The molecule has 6 nitrogen and oxygen atoms in total. The van der Waals surface area contributed by atoms with E-state index in [1.807, 2.05) is 18.9 Å². The Kier molecular flexibility index (Phi) is 6.12. The van der Waals surface area contributed by atoms with Crippen LogP contribution >= 0.6 is 0 Å². The van der Waals surface area contributed by atoms with E-state index < -0.39 is 0 Å². The number of anilines is 2. The SMILES string of the molecule is CC(Cn1cncn1)C(=O)N(C)CCCN1c2ccccc2CCc2ccccc21. The smallest absolute Gasteiger partial charge is 0.227 e. The van der Waals surface area contributed by atoms with Crippen molar-refractivity contribution in [3.8, 4) is 0 Å². The van der Waals surface area contributed by atoms with Gasteiger partial charge in [-0.15, -0.1) is 0 Å². The highest BCUT2D eigenvalue weighted by atomic mass is 16.2. The number of hydrogen-bond donors (Lipinski definition) is 0. The molecule has 30 heavy (non-hydrogen) atoms. The second-order valence-corrected chi connectivity index (χ2v) is 8.04. The minimum atomic E-state index is -0.128. The first-order valence-electron chi connectivity index (χ1n) is 10.6. The van der Waals surface area contributed by atoms with Gasteiger partial charge in [0.1, 0.15) is 12.7 Å². The van der Waals surface area contributed by atoms with Crippen LogP contribution in [0.3, 0.4) is 0 Å². The van der Waals surface area contributed by atoms with Crippen LogP contribution in [0, 0.1) is 5.92 Å². The van der Waals surface area contributed by atoms with Crippen molar-refractivity contribution in [2.75, 3.05) is 25.0 Å². The highest BCUT2D eigenvalue weighted by Gasteiger charge is 2.21. The molecule has 1 aliphatic rings. The topological polar surface area (TPSA) is 54.3 Å². The molecule has 0 aliphatic carbocycles. The average molecular weight is 404 g/mol. The third kappa shape index (κ3) is 4.37. The number of para-hydroxylation sites is 2. The summed E-state index contributed by atoms with van der Waals surface area (Å²) in [5.74, 6) is 0.0125. The zero-order chi connectivity index (χ0) is 20.9. The summed E-state index contributed by atoms with van der Waals surface area (Å²) in [6.45, 7) is 4.10. The summed E-state index contributed by atoms with van der Waals surface area (Å²) in [5, 5.41) is 4.10. The molecule has 0 spiro atoms. The molecule has 6 heteroatoms. The zero-order valence-corrected chi connectivity index (χ0v) is 17.7. The quantitative estimate of drug-likeness (QED) is 0.604. The van der Waals surface area contributed by atoms with Gasteiger partial charge in [-0.3, -0.25) is 9.48 Å². The molecular formula is C24H29N5O. The highest BCUT2D eigenvalue weighted by Crippen LogP contribution is 2.35. The molecule has 0 bridgehead atoms. The first-order chi connectivity index (χ1) is 14.6. The number of aryl methyl sites for hydroxylation is 2. The minimum Gasteiger partial charge on any atom is -0.345 e. The lowest BCUT2D eigenvalue weighted by molar-refractivity contribution is -0.134. The number of rotatable bonds is 7. The Morgan fingerprint density at radius 1 is 1.07 bits per heavy atom. The minimum absolute atomic E-state index is 0.128. The Morgan fingerprint density at radius 3 is 2.30 bits per heavy atom. The van der Waals surface area contributed by atoms with Crippen LogP contribution in [0.5, 0.6) is 0 Å². The first kappa shape index (κ1) is 20.1. The first-order valence-corrected chi connectivity index (χ1v) is 10.6. The molecule has 3 aromatic rings. The number of amides is 1. The lowest BCUT2D eigenvalue weighted by atomic mass is 10.0. The summed E-state index contributed by atoms with van der Waals surface area (Å²) in [5.41, 5.74) is 5.35. The van der Waals surface area contributed by atoms with Gasteiger partial charge in [0.25, 0.3) is 0 Å². The van der Waals surface area contributed by atoms with Gasteiger partial charge in [-0.25, -0.2) is 4.98 Å². The molecule has 156 valence electrons. The van der Waals surface area contributed by atoms with E-state index in [1.165, 1.54) is 28.8 Å². The van der Waals surface area contributed by atoms with Gasteiger partial charge in [0.15, 0.2) is 0 Å². The van der Waals surface area contributed by atoms with Gasteiger partial charge in [0.05, 0.1) is 12.5 Å². The molecule has 2 aromatic carbocycles. The summed E-state index contributed by atoms with van der Waals surface area (Å²) in [4.78, 5) is 21.0. The molecule has 1 amide bonds. The number of aromatic nitrogens is 3. The van der Waals surface area contributed by atoms with Gasteiger partial charge in [0.2, 0.25) is 5.91 Å². The monoisotopic (exact) mass is 403 g/mol. The molecule has 2 heterocycles. The second-order valence-electron chi connectivity index (χ2n) is 8.04. The fourth-order valence-corrected chi connectivity index (χ4v) is 4.25. The van der Waals surface area contributed by atoms with Crippen LogP contribution < -0.4 is 4.90 Å². The molecule has 1 aliphatic heterocycles. The third-order valence-electron chi connectivity index (χ3n) is 5.83. The van der Waals surface area contributed by atoms with Crippen molar-refractivity contribution in [3.63, 3.8) is 0 Å². The second kappa shape index (κ2) is 9.11. The normalized spacial score (nSPS) is 13.9. The molecule has 0 saturated heterocycles. The van der Waals surface area contributed by atoms with Gasteiger partial charge < -0.3 is 9.80 Å². The largest absolute Gasteiger partial charge is 0.345 e. The molecule has 1 aromatic heterocycles. The van der Waals surface area contributed by atoms with Crippen LogP contribution in [-0.4, -0.2) is 45.7 Å². The maximum atomic E-state index is 12.8. The number of benzene rings is 2. The van der Waals surface area contributed by atoms with Gasteiger partial charge in [-0.05, 0) is 42.5 Å². The van der Waals surface area contributed by atoms with Gasteiger partial charge in [0, 0.05) is 31.5 Å². The van der Waals surface area contributed by atoms with Gasteiger partial charge in [-0.2, -0.15) is 5.10 Å². The summed E-state index contributed by atoms with van der Waals surface area (Å²) in [6, 6.07) is 17.4. The highest BCUT2D eigenvalue weighted by molar-refractivity contribution is 5.78. The molecule has 0 N–H and O–H groups in total. The number of fused-ring (bicyclic) bond motifs is 2. The van der Waals surface area contributed by atoms with E-state index in [4.69, 9.17) is 0 Å². The Balaban J connectivity index is 1.41. The Morgan fingerprint density at radius 2 is 1.70 bits per heavy atom. The van der Waals surface area contributed by atoms with Crippen molar-refractivity contribution in [1.29, 1.82) is 0 Å². The predicted octanol–water partition coefficient (Wildman–Crippen LogP) is 3.70. The lowest BCUT2D eigenvalue weighted by Gasteiger charge is -2.28. The molecule has 1 atom stereocenters. The molecule has 4 rings (SSSR count). The fourth-order valence-electron chi connectivity index (χ4n) is 4.25. The molecule has 0 fully saturated rings. The van der Waals surface area contributed by atoms with E-state index in [0.717, 1.165) is 32.4 Å². The van der Waals surface area contributed by atoms with Crippen molar-refractivity contribution in [1.82, 2.24) is 19.7 Å². The number of nitrogens with zero attached hydrogens (tertiary/aromatic N) is 5. The number of carbonyl (C=O) groups is 1. The van der Waals surface area contributed by atoms with Crippen LogP contribution in [0.25, 0.3) is 0 Å². The van der Waals surface area contributed by atoms with Gasteiger partial charge >= 0.3 is 0 Å². The van der Waals surface area contributed by atoms with Crippen LogP contribution in [-0.2, 0) is 24.2 Å². The maximum absolute atomic E-state index is 12.8. The van der Waals surface area contributed by atoms with E-state index in [1.54, 1.807) is 11.0 Å². The van der Waals surface area contributed by atoms with E-state index in [-0.39, 0.29) is 11.8 Å². The van der Waals surface area contributed by atoms with E-state index in [9.17, 15) is 4.79 Å². The summed E-state index contributed by atoms with van der Waals surface area (Å²) in [7, 11) is 1.89. The van der Waals surface area contributed by atoms with E-state index in [2.05, 4.69) is 63.5 Å². The summed E-state index contributed by atoms with van der Waals surface area (Å²) >= 11 is 0. The van der Waals surface area contributed by atoms with Crippen molar-refractivity contribution in [2.45, 2.75) is 32.7 Å². The predicted molar refractivity (Wildman–Crippen MR) is 119 cm³/mol. The number of hydrogen-bond acceptors (Lipinski definition) is 4. The standard InChI is InChI=1S/C24H29N5O/c1-19(16-28-18-25-17-26-28)24(30)27(2)14-7-15-29-22-10-5-3-8-20(22)12-13-21-9-4-6-11-23(21)29/h3-6,8-11,17-19H,7,12-16H2,1-2H3. The molecule has 1 unspecified atom stereocenters. The van der Waals surface area contributed by atoms with Crippen LogP contribution in [0.2, 0.25) is 0 Å². The average Bonchev–Trinajstić information content (AvgIpc) is 3.22. The Labute approximate surface area is 178 Å². The fraction of sp³-hybridized carbons (Fsp3) is 0.375. The molecule has 0 radical (unpaired) electrons. The Bertz CT molecular complexity index is 937. The van der Waals surface area contributed by atoms with E-state index in [0.29, 0.717) is 6.54 Å². The maximum Gasteiger partial charge on any atom is 0.227 e. The lowest BCUT2D eigenvalue weighted by Crippen LogP contribution is -2.35. The van der Waals surface area contributed by atoms with Crippen LogP contribution in [0.15, 0.2) is 61.2 Å². The van der Waals surface area contributed by atoms with Crippen molar-refractivity contribution in [2.24, 2.45) is 5.92 Å². The van der Waals surface area contributed by atoms with E-state index >= 15 is 0 Å². The molecule has 0 saturated carbocycles. The summed E-state index contributed by atoms with van der Waals surface area (Å²) < 4.78 is 1.71. The molecular weight excluding hydrogens is 374 g/mol. The van der Waals surface area contributed by atoms with Crippen molar-refractivity contribution in [3.05, 3.63) is 72.3 Å². The van der Waals surface area contributed by atoms with Crippen LogP contribution in [0.1, 0.15) is 24.5 Å². The van der Waals surface area contributed by atoms with Crippen LogP contribution in [0.4, 0.5) is 11.4 Å². The van der Waals surface area contributed by atoms with Crippen molar-refractivity contribution >= 4 is 17.3 Å². The van der Waals surface area contributed by atoms with Crippen molar-refractivity contribution < 1.29 is 4.79 Å². The third-order valence-corrected chi connectivity index (χ3v) is 5.83. The summed E-state index contributed by atoms with van der Waals surface area (Å²) in [6.07, 6.45) is 6.17. The number of carbonyl (C=O) groups excluding carboxylic acids is 1.